The van der Waals surface area contributed by atoms with E-state index in [9.17, 15) is 9.90 Å². The van der Waals surface area contributed by atoms with E-state index in [0.717, 1.165) is 0 Å². The predicted molar refractivity (Wildman–Crippen MR) is 80.1 cm³/mol. The number of rotatable bonds is 4. The Morgan fingerprint density at radius 3 is 2.95 bits per heavy atom. The number of piperidine rings is 1. The summed E-state index contributed by atoms with van der Waals surface area (Å²) in [6, 6.07) is 5.08. The Morgan fingerprint density at radius 2 is 2.41 bits per heavy atom. The Hall–Kier alpha value is -1.97. The highest BCUT2D eigenvalue weighted by Crippen LogP contribution is 2.31. The molecule has 2 atom stereocenters. The summed E-state index contributed by atoms with van der Waals surface area (Å²) in [5.74, 6) is -0.135. The number of hydrogen-bond donors (Lipinski definition) is 1. The monoisotopic (exact) mass is 303 g/mol. The first-order valence-electron chi connectivity index (χ1n) is 7.37. The van der Waals surface area contributed by atoms with E-state index < -0.39 is 5.60 Å². The Labute approximate surface area is 130 Å². The van der Waals surface area contributed by atoms with Gasteiger partial charge in [0.05, 0.1) is 11.2 Å². The van der Waals surface area contributed by atoms with Crippen LogP contribution >= 0.6 is 0 Å². The molecule has 2 rings (SSSR count). The van der Waals surface area contributed by atoms with E-state index >= 15 is 0 Å². The number of amides is 1. The molecule has 1 aliphatic rings. The summed E-state index contributed by atoms with van der Waals surface area (Å²) in [6.45, 7) is 3.46. The van der Waals surface area contributed by atoms with Gasteiger partial charge in [-0.2, -0.15) is 5.26 Å². The molecule has 1 saturated heterocycles. The van der Waals surface area contributed by atoms with E-state index in [2.05, 4.69) is 4.98 Å². The molecule has 118 valence electrons. The van der Waals surface area contributed by atoms with Crippen molar-refractivity contribution in [1.29, 1.82) is 5.26 Å². The van der Waals surface area contributed by atoms with E-state index in [1.807, 2.05) is 13.0 Å². The minimum absolute atomic E-state index is 0.0216. The van der Waals surface area contributed by atoms with Crippen LogP contribution in [-0.2, 0) is 4.74 Å². The molecule has 0 unspecified atom stereocenters. The molecule has 1 aromatic rings. The van der Waals surface area contributed by atoms with Gasteiger partial charge in [-0.05, 0) is 25.0 Å². The van der Waals surface area contributed by atoms with Gasteiger partial charge < -0.3 is 14.7 Å². The van der Waals surface area contributed by atoms with E-state index in [1.54, 1.807) is 18.1 Å². The van der Waals surface area contributed by atoms with Gasteiger partial charge in [-0.3, -0.25) is 4.79 Å². The zero-order chi connectivity index (χ0) is 16.2. The molecule has 0 aliphatic carbocycles. The number of nitriles is 1. The fourth-order valence-electron chi connectivity index (χ4n) is 2.77. The Kier molecular flexibility index (Phi) is 5.11. The van der Waals surface area contributed by atoms with Gasteiger partial charge in [-0.15, -0.1) is 0 Å². The molecule has 22 heavy (non-hydrogen) atoms. The highest BCUT2D eigenvalue weighted by molar-refractivity contribution is 5.94. The summed E-state index contributed by atoms with van der Waals surface area (Å²) in [5.41, 5.74) is -0.0265. The van der Waals surface area contributed by atoms with Crippen molar-refractivity contribution in [2.45, 2.75) is 25.4 Å². The van der Waals surface area contributed by atoms with Gasteiger partial charge in [0.1, 0.15) is 11.8 Å². The number of carbonyl (C=O) groups is 1. The lowest BCUT2D eigenvalue weighted by Gasteiger charge is -2.43. The van der Waals surface area contributed by atoms with Gasteiger partial charge in [0, 0.05) is 38.9 Å². The van der Waals surface area contributed by atoms with Crippen LogP contribution in [0, 0.1) is 17.2 Å². The molecule has 6 heteroatoms. The number of hydrogen-bond acceptors (Lipinski definition) is 5. The molecular weight excluding hydrogens is 282 g/mol. The Bertz CT molecular complexity index is 567. The van der Waals surface area contributed by atoms with E-state index in [-0.39, 0.29) is 17.5 Å². The first-order chi connectivity index (χ1) is 10.5. The highest BCUT2D eigenvalue weighted by atomic mass is 16.5. The second-order valence-corrected chi connectivity index (χ2v) is 5.79. The lowest BCUT2D eigenvalue weighted by molar-refractivity contribution is -0.0750. The molecule has 1 aromatic heterocycles. The number of methoxy groups -OCH3 is 1. The molecule has 0 aromatic carbocycles. The SMILES string of the molecule is COCC[C@@]1(O)CCN(C(=O)c2ccc(C#N)nc2)C[C@@H]1C. The zero-order valence-corrected chi connectivity index (χ0v) is 13.0. The van der Waals surface area contributed by atoms with Gasteiger partial charge in [-0.25, -0.2) is 4.98 Å². The Balaban J connectivity index is 2.03. The zero-order valence-electron chi connectivity index (χ0n) is 13.0. The van der Waals surface area contributed by atoms with Crippen LogP contribution in [0.5, 0.6) is 0 Å². The topological polar surface area (TPSA) is 86.5 Å². The molecule has 0 saturated carbocycles. The highest BCUT2D eigenvalue weighted by Gasteiger charge is 2.39. The Morgan fingerprint density at radius 1 is 1.64 bits per heavy atom. The number of aliphatic hydroxyl groups is 1. The normalized spacial score (nSPS) is 24.8. The molecule has 0 radical (unpaired) electrons. The summed E-state index contributed by atoms with van der Waals surface area (Å²) < 4.78 is 5.05. The molecule has 1 fully saturated rings. The maximum atomic E-state index is 12.5. The predicted octanol–water partition coefficient (Wildman–Crippen LogP) is 1.20. The first kappa shape index (κ1) is 16.4. The smallest absolute Gasteiger partial charge is 0.255 e. The van der Waals surface area contributed by atoms with Crippen molar-refractivity contribution in [3.63, 3.8) is 0 Å². The molecule has 1 amide bonds. The number of carbonyl (C=O) groups excluding carboxylic acids is 1. The van der Waals surface area contributed by atoms with Crippen molar-refractivity contribution in [2.75, 3.05) is 26.8 Å². The third kappa shape index (κ3) is 3.43. The lowest BCUT2D eigenvalue weighted by atomic mass is 9.79. The van der Waals surface area contributed by atoms with E-state index in [0.29, 0.717) is 38.1 Å². The molecule has 1 aliphatic heterocycles. The summed E-state index contributed by atoms with van der Waals surface area (Å²) in [5, 5.41) is 19.4. The van der Waals surface area contributed by atoms with Crippen LogP contribution in [0.1, 0.15) is 35.8 Å². The van der Waals surface area contributed by atoms with Crippen LogP contribution in [0.15, 0.2) is 18.3 Å². The molecular formula is C16H21N3O3. The van der Waals surface area contributed by atoms with Crippen LogP contribution in [0.25, 0.3) is 0 Å². The molecule has 0 bridgehead atoms. The number of nitrogens with zero attached hydrogens (tertiary/aromatic N) is 3. The maximum absolute atomic E-state index is 12.5. The number of aromatic nitrogens is 1. The van der Waals surface area contributed by atoms with Crippen LogP contribution < -0.4 is 0 Å². The van der Waals surface area contributed by atoms with E-state index in [4.69, 9.17) is 10.00 Å². The third-order valence-electron chi connectivity index (χ3n) is 4.38. The van der Waals surface area contributed by atoms with E-state index in [1.165, 1.54) is 12.3 Å². The summed E-state index contributed by atoms with van der Waals surface area (Å²) >= 11 is 0. The van der Waals surface area contributed by atoms with Crippen LogP contribution in [0.3, 0.4) is 0 Å². The molecule has 1 N–H and O–H groups in total. The molecule has 2 heterocycles. The number of likely N-dealkylation sites (tertiary alicyclic amines) is 1. The van der Waals surface area contributed by atoms with Crippen molar-refractivity contribution in [3.05, 3.63) is 29.6 Å². The minimum atomic E-state index is -0.782. The second kappa shape index (κ2) is 6.86. The van der Waals surface area contributed by atoms with Crippen LogP contribution in [-0.4, -0.2) is 53.3 Å². The fraction of sp³-hybridized carbons (Fsp3) is 0.562. The maximum Gasteiger partial charge on any atom is 0.255 e. The quantitative estimate of drug-likeness (QED) is 0.903. The lowest BCUT2D eigenvalue weighted by Crippen LogP contribution is -2.52. The van der Waals surface area contributed by atoms with Crippen LogP contribution in [0.4, 0.5) is 0 Å². The number of pyridine rings is 1. The standard InChI is InChI=1S/C16H21N3O3/c1-12-11-19(7-5-16(12,21)6-8-22-2)15(20)13-3-4-14(9-17)18-10-13/h3-4,10,12,21H,5-8,11H2,1-2H3/t12-,16-/m0/s1. The second-order valence-electron chi connectivity index (χ2n) is 5.79. The van der Waals surface area contributed by atoms with Gasteiger partial charge in [0.25, 0.3) is 5.91 Å². The van der Waals surface area contributed by atoms with Gasteiger partial charge >= 0.3 is 0 Å². The van der Waals surface area contributed by atoms with Crippen molar-refractivity contribution in [3.8, 4) is 6.07 Å². The van der Waals surface area contributed by atoms with Crippen molar-refractivity contribution < 1.29 is 14.6 Å². The van der Waals surface area contributed by atoms with Crippen LogP contribution in [0.2, 0.25) is 0 Å². The summed E-state index contributed by atoms with van der Waals surface area (Å²) in [4.78, 5) is 18.1. The summed E-state index contributed by atoms with van der Waals surface area (Å²) in [6.07, 6.45) is 2.54. The first-order valence-corrected chi connectivity index (χ1v) is 7.37. The van der Waals surface area contributed by atoms with Gasteiger partial charge in [-0.1, -0.05) is 6.92 Å². The molecule has 0 spiro atoms. The fourth-order valence-corrected chi connectivity index (χ4v) is 2.77. The largest absolute Gasteiger partial charge is 0.389 e. The third-order valence-corrected chi connectivity index (χ3v) is 4.38. The minimum Gasteiger partial charge on any atom is -0.389 e. The molecule has 6 nitrogen and oxygen atoms in total. The summed E-state index contributed by atoms with van der Waals surface area (Å²) in [7, 11) is 1.62. The average Bonchev–Trinajstić information content (AvgIpc) is 2.55. The van der Waals surface area contributed by atoms with Crippen molar-refractivity contribution in [2.24, 2.45) is 5.92 Å². The average molecular weight is 303 g/mol. The van der Waals surface area contributed by atoms with Gasteiger partial charge in [0.2, 0.25) is 0 Å². The van der Waals surface area contributed by atoms with Gasteiger partial charge in [0.15, 0.2) is 0 Å². The van der Waals surface area contributed by atoms with Crippen molar-refractivity contribution in [1.82, 2.24) is 9.88 Å². The van der Waals surface area contributed by atoms with Crippen molar-refractivity contribution >= 4 is 5.91 Å². The number of ether oxygens (including phenoxy) is 1.